The molecule has 2 rings (SSSR count). The third-order valence-electron chi connectivity index (χ3n) is 4.49. The second-order valence-corrected chi connectivity index (χ2v) is 8.17. The zero-order valence-electron chi connectivity index (χ0n) is 11.5. The molecule has 2 fully saturated rings. The van der Waals surface area contributed by atoms with Crippen molar-refractivity contribution >= 4 is 15.7 Å². The summed E-state index contributed by atoms with van der Waals surface area (Å²) in [5, 5.41) is -0.804. The van der Waals surface area contributed by atoms with Crippen LogP contribution in [0.4, 0.5) is 0 Å². The molecule has 19 heavy (non-hydrogen) atoms. The van der Waals surface area contributed by atoms with Crippen molar-refractivity contribution in [3.63, 3.8) is 0 Å². The first kappa shape index (κ1) is 14.8. The molecule has 1 saturated heterocycles. The van der Waals surface area contributed by atoms with Crippen molar-refractivity contribution < 1.29 is 13.2 Å². The van der Waals surface area contributed by atoms with E-state index in [1.807, 2.05) is 0 Å². The maximum atomic E-state index is 12.4. The maximum Gasteiger partial charge on any atom is 0.240 e. The molecule has 1 saturated carbocycles. The number of amides is 1. The van der Waals surface area contributed by atoms with Crippen LogP contribution in [0.15, 0.2) is 0 Å². The minimum Gasteiger partial charge on any atom is -0.342 e. The average molecular weight is 288 g/mol. The van der Waals surface area contributed by atoms with E-state index in [4.69, 9.17) is 5.73 Å². The average Bonchev–Trinajstić information content (AvgIpc) is 2.37. The fraction of sp³-hybridized carbons (Fsp3) is 0.923. The lowest BCUT2D eigenvalue weighted by molar-refractivity contribution is -0.132. The summed E-state index contributed by atoms with van der Waals surface area (Å²) in [5.74, 6) is -0.0487. The Morgan fingerprint density at radius 1 is 1.11 bits per heavy atom. The summed E-state index contributed by atoms with van der Waals surface area (Å²) in [6, 6.07) is 0.391. The van der Waals surface area contributed by atoms with Gasteiger partial charge in [-0.25, -0.2) is 8.42 Å². The Balaban J connectivity index is 2.02. The van der Waals surface area contributed by atoms with Crippen molar-refractivity contribution in [2.45, 2.75) is 62.3 Å². The largest absolute Gasteiger partial charge is 0.342 e. The molecule has 1 amide bonds. The molecule has 0 aromatic carbocycles. The van der Waals surface area contributed by atoms with Gasteiger partial charge in [-0.3, -0.25) is 4.79 Å². The molecule has 1 heterocycles. The second kappa shape index (κ2) is 5.79. The van der Waals surface area contributed by atoms with Crippen molar-refractivity contribution in [2.24, 2.45) is 5.73 Å². The minimum atomic E-state index is -3.23. The normalized spacial score (nSPS) is 34.7. The SMILES string of the molecule is CN(C(=O)C1CCCCS1(=O)=O)C1CCC(N)CC1. The van der Waals surface area contributed by atoms with E-state index >= 15 is 0 Å². The Labute approximate surface area is 115 Å². The lowest BCUT2D eigenvalue weighted by atomic mass is 9.91. The lowest BCUT2D eigenvalue weighted by Gasteiger charge is -2.36. The van der Waals surface area contributed by atoms with Crippen molar-refractivity contribution in [3.8, 4) is 0 Å². The first-order chi connectivity index (χ1) is 8.92. The summed E-state index contributed by atoms with van der Waals surface area (Å²) in [5.41, 5.74) is 5.86. The summed E-state index contributed by atoms with van der Waals surface area (Å²) < 4.78 is 24.0. The highest BCUT2D eigenvalue weighted by molar-refractivity contribution is 7.92. The summed E-state index contributed by atoms with van der Waals surface area (Å²) >= 11 is 0. The molecule has 110 valence electrons. The molecule has 2 aliphatic rings. The number of sulfone groups is 1. The number of nitrogens with zero attached hydrogens (tertiary/aromatic N) is 1. The highest BCUT2D eigenvalue weighted by atomic mass is 32.2. The molecule has 0 aromatic rings. The zero-order valence-corrected chi connectivity index (χ0v) is 12.4. The van der Waals surface area contributed by atoms with E-state index < -0.39 is 15.1 Å². The van der Waals surface area contributed by atoms with Crippen molar-refractivity contribution in [2.75, 3.05) is 12.8 Å². The van der Waals surface area contributed by atoms with Crippen LogP contribution in [0.5, 0.6) is 0 Å². The topological polar surface area (TPSA) is 80.5 Å². The number of carbonyl (C=O) groups is 1. The van der Waals surface area contributed by atoms with Crippen molar-refractivity contribution in [3.05, 3.63) is 0 Å². The van der Waals surface area contributed by atoms with E-state index in [1.54, 1.807) is 11.9 Å². The molecule has 0 spiro atoms. The van der Waals surface area contributed by atoms with Gasteiger partial charge in [0.25, 0.3) is 0 Å². The van der Waals surface area contributed by atoms with Crippen LogP contribution in [0.1, 0.15) is 44.9 Å². The van der Waals surface area contributed by atoms with Crippen molar-refractivity contribution in [1.82, 2.24) is 4.90 Å². The van der Waals surface area contributed by atoms with Gasteiger partial charge in [0, 0.05) is 19.1 Å². The van der Waals surface area contributed by atoms with Gasteiger partial charge in [0.1, 0.15) is 5.25 Å². The third-order valence-corrected chi connectivity index (χ3v) is 6.65. The Bertz CT molecular complexity index is 427. The number of nitrogens with two attached hydrogens (primary N) is 1. The summed E-state index contributed by atoms with van der Waals surface area (Å²) in [4.78, 5) is 14.1. The first-order valence-corrected chi connectivity index (χ1v) is 8.87. The van der Waals surface area contributed by atoms with Crippen molar-refractivity contribution in [1.29, 1.82) is 0 Å². The van der Waals surface area contributed by atoms with Crippen LogP contribution in [0.3, 0.4) is 0 Å². The standard InChI is InChI=1S/C13H24N2O3S/c1-15(11-7-5-10(14)6-8-11)13(16)12-4-2-3-9-19(12,17)18/h10-12H,2-9,14H2,1H3. The van der Waals surface area contributed by atoms with Crippen LogP contribution in [-0.4, -0.2) is 49.4 Å². The molecular weight excluding hydrogens is 264 g/mol. The first-order valence-electron chi connectivity index (χ1n) is 7.15. The highest BCUT2D eigenvalue weighted by Crippen LogP contribution is 2.26. The summed E-state index contributed by atoms with van der Waals surface area (Å²) in [6.45, 7) is 0. The van der Waals surface area contributed by atoms with Gasteiger partial charge < -0.3 is 10.6 Å². The Morgan fingerprint density at radius 2 is 1.74 bits per heavy atom. The highest BCUT2D eigenvalue weighted by Gasteiger charge is 2.38. The summed E-state index contributed by atoms with van der Waals surface area (Å²) in [6.07, 6.45) is 5.61. The van der Waals surface area contributed by atoms with Gasteiger partial charge in [-0.05, 0) is 38.5 Å². The molecule has 0 aromatic heterocycles. The van der Waals surface area contributed by atoms with Gasteiger partial charge in [0.05, 0.1) is 5.75 Å². The van der Waals surface area contributed by atoms with Gasteiger partial charge in [0.15, 0.2) is 9.84 Å². The number of carbonyl (C=O) groups excluding carboxylic acids is 1. The van der Waals surface area contributed by atoms with Gasteiger partial charge in [-0.15, -0.1) is 0 Å². The fourth-order valence-corrected chi connectivity index (χ4v) is 5.02. The molecule has 1 aliphatic carbocycles. The quantitative estimate of drug-likeness (QED) is 0.810. The van der Waals surface area contributed by atoms with E-state index in [0.717, 1.165) is 32.1 Å². The smallest absolute Gasteiger partial charge is 0.240 e. The van der Waals surface area contributed by atoms with E-state index in [-0.39, 0.29) is 23.7 Å². The Hall–Kier alpha value is -0.620. The third kappa shape index (κ3) is 3.28. The van der Waals surface area contributed by atoms with Crippen LogP contribution >= 0.6 is 0 Å². The maximum absolute atomic E-state index is 12.4. The van der Waals surface area contributed by atoms with Gasteiger partial charge in [0.2, 0.25) is 5.91 Å². The second-order valence-electron chi connectivity index (χ2n) is 5.87. The zero-order chi connectivity index (χ0) is 14.0. The number of hydrogen-bond donors (Lipinski definition) is 1. The Kier molecular flexibility index (Phi) is 4.50. The Morgan fingerprint density at radius 3 is 2.32 bits per heavy atom. The van der Waals surface area contributed by atoms with E-state index in [1.165, 1.54) is 0 Å². The molecule has 1 aliphatic heterocycles. The molecule has 6 heteroatoms. The number of rotatable bonds is 2. The molecule has 2 N–H and O–H groups in total. The minimum absolute atomic E-state index is 0.157. The van der Waals surface area contributed by atoms with Gasteiger partial charge in [-0.1, -0.05) is 6.42 Å². The molecule has 5 nitrogen and oxygen atoms in total. The van der Waals surface area contributed by atoms with Crippen LogP contribution < -0.4 is 5.73 Å². The monoisotopic (exact) mass is 288 g/mol. The van der Waals surface area contributed by atoms with E-state index in [0.29, 0.717) is 12.8 Å². The predicted molar refractivity (Wildman–Crippen MR) is 74.4 cm³/mol. The van der Waals surface area contributed by atoms with Gasteiger partial charge in [-0.2, -0.15) is 0 Å². The fourth-order valence-electron chi connectivity index (χ4n) is 3.13. The van der Waals surface area contributed by atoms with Crippen LogP contribution in [0.2, 0.25) is 0 Å². The molecule has 1 unspecified atom stereocenters. The van der Waals surface area contributed by atoms with Crippen LogP contribution in [-0.2, 0) is 14.6 Å². The molecule has 0 radical (unpaired) electrons. The van der Waals surface area contributed by atoms with Crippen LogP contribution in [0.25, 0.3) is 0 Å². The van der Waals surface area contributed by atoms with Crippen LogP contribution in [0, 0.1) is 0 Å². The van der Waals surface area contributed by atoms with E-state index in [9.17, 15) is 13.2 Å². The molecular formula is C13H24N2O3S. The predicted octanol–water partition coefficient (Wildman–Crippen LogP) is 0.682. The molecule has 1 atom stereocenters. The number of hydrogen-bond acceptors (Lipinski definition) is 4. The molecule has 0 bridgehead atoms. The summed E-state index contributed by atoms with van der Waals surface area (Å²) in [7, 11) is -1.49. The van der Waals surface area contributed by atoms with Gasteiger partial charge >= 0.3 is 0 Å². The van der Waals surface area contributed by atoms with E-state index in [2.05, 4.69) is 0 Å². The lowest BCUT2D eigenvalue weighted by Crippen LogP contribution is -2.49.